The van der Waals surface area contributed by atoms with Crippen molar-refractivity contribution in [3.05, 3.63) is 0 Å². The maximum absolute atomic E-state index is 5.87. The third kappa shape index (κ3) is 4.28. The molecule has 0 spiro atoms. The predicted molar refractivity (Wildman–Crippen MR) is 61.9 cm³/mol. The van der Waals surface area contributed by atoms with Crippen LogP contribution in [0.5, 0.6) is 0 Å². The SMILES string of the molecule is CC(CBr)COC1CC(C)OC(C)C1. The predicted octanol–water partition coefficient (Wildman–Crippen LogP) is 2.99. The van der Waals surface area contributed by atoms with Gasteiger partial charge in [-0.2, -0.15) is 0 Å². The lowest BCUT2D eigenvalue weighted by Crippen LogP contribution is -2.34. The Labute approximate surface area is 95.5 Å². The topological polar surface area (TPSA) is 18.5 Å². The summed E-state index contributed by atoms with van der Waals surface area (Å²) in [4.78, 5) is 0. The molecule has 1 saturated heterocycles. The first-order chi connectivity index (χ1) is 6.61. The average molecular weight is 265 g/mol. The number of hydrogen-bond acceptors (Lipinski definition) is 2. The molecule has 1 aliphatic heterocycles. The summed E-state index contributed by atoms with van der Waals surface area (Å²) in [5.74, 6) is 0.600. The Balaban J connectivity index is 2.23. The van der Waals surface area contributed by atoms with Crippen LogP contribution in [-0.4, -0.2) is 30.2 Å². The molecule has 1 rings (SSSR count). The number of rotatable bonds is 4. The van der Waals surface area contributed by atoms with Gasteiger partial charge in [0.2, 0.25) is 0 Å². The summed E-state index contributed by atoms with van der Waals surface area (Å²) in [6, 6.07) is 0. The highest BCUT2D eigenvalue weighted by atomic mass is 79.9. The number of hydrogen-bond donors (Lipinski definition) is 0. The smallest absolute Gasteiger partial charge is 0.0624 e. The Morgan fingerprint density at radius 3 is 2.43 bits per heavy atom. The van der Waals surface area contributed by atoms with E-state index in [9.17, 15) is 0 Å². The number of halogens is 1. The van der Waals surface area contributed by atoms with Gasteiger partial charge in [0, 0.05) is 5.33 Å². The van der Waals surface area contributed by atoms with Crippen LogP contribution in [0.4, 0.5) is 0 Å². The van der Waals surface area contributed by atoms with Gasteiger partial charge in [0.25, 0.3) is 0 Å². The van der Waals surface area contributed by atoms with Crippen molar-refractivity contribution >= 4 is 15.9 Å². The molecule has 0 amide bonds. The quantitative estimate of drug-likeness (QED) is 0.727. The van der Waals surface area contributed by atoms with Crippen LogP contribution in [0.15, 0.2) is 0 Å². The molecule has 0 N–H and O–H groups in total. The van der Waals surface area contributed by atoms with E-state index in [0.717, 1.165) is 24.8 Å². The molecule has 84 valence electrons. The van der Waals surface area contributed by atoms with Crippen molar-refractivity contribution in [3.63, 3.8) is 0 Å². The molecule has 1 fully saturated rings. The van der Waals surface area contributed by atoms with Crippen molar-refractivity contribution in [3.8, 4) is 0 Å². The summed E-state index contributed by atoms with van der Waals surface area (Å²) < 4.78 is 11.5. The van der Waals surface area contributed by atoms with Gasteiger partial charge in [0.05, 0.1) is 24.9 Å². The van der Waals surface area contributed by atoms with E-state index in [4.69, 9.17) is 9.47 Å². The van der Waals surface area contributed by atoms with E-state index >= 15 is 0 Å². The maximum Gasteiger partial charge on any atom is 0.0624 e. The van der Waals surface area contributed by atoms with Gasteiger partial charge in [-0.25, -0.2) is 0 Å². The zero-order chi connectivity index (χ0) is 10.6. The van der Waals surface area contributed by atoms with Crippen LogP contribution in [0, 0.1) is 5.92 Å². The van der Waals surface area contributed by atoms with Crippen molar-refractivity contribution in [2.45, 2.75) is 51.9 Å². The Kier molecular flexibility index (Phi) is 5.42. The van der Waals surface area contributed by atoms with Gasteiger partial charge in [0.1, 0.15) is 0 Å². The highest BCUT2D eigenvalue weighted by molar-refractivity contribution is 9.09. The van der Waals surface area contributed by atoms with E-state index in [1.807, 2.05) is 0 Å². The molecule has 0 aromatic carbocycles. The van der Waals surface area contributed by atoms with Crippen molar-refractivity contribution in [1.29, 1.82) is 0 Å². The Morgan fingerprint density at radius 1 is 1.36 bits per heavy atom. The molecule has 3 atom stereocenters. The zero-order valence-corrected chi connectivity index (χ0v) is 10.9. The van der Waals surface area contributed by atoms with E-state index in [1.165, 1.54) is 0 Å². The first-order valence-corrected chi connectivity index (χ1v) is 6.57. The molecule has 1 heterocycles. The summed E-state index contributed by atoms with van der Waals surface area (Å²) in [5, 5.41) is 1.02. The number of ether oxygens (including phenoxy) is 2. The van der Waals surface area contributed by atoms with Gasteiger partial charge in [-0.3, -0.25) is 0 Å². The maximum atomic E-state index is 5.87. The molecule has 0 saturated carbocycles. The monoisotopic (exact) mass is 264 g/mol. The Bertz CT molecular complexity index is 153. The van der Waals surface area contributed by atoms with Crippen LogP contribution in [0.1, 0.15) is 33.6 Å². The van der Waals surface area contributed by atoms with Crippen LogP contribution < -0.4 is 0 Å². The van der Waals surface area contributed by atoms with Gasteiger partial charge >= 0.3 is 0 Å². The second-order valence-corrected chi connectivity index (χ2v) is 5.09. The molecule has 1 aliphatic rings. The summed E-state index contributed by atoms with van der Waals surface area (Å²) >= 11 is 3.46. The molecule has 0 aliphatic carbocycles. The Hall–Kier alpha value is 0.400. The molecular formula is C11H21BrO2. The van der Waals surface area contributed by atoms with Crippen LogP contribution in [-0.2, 0) is 9.47 Å². The molecule has 0 radical (unpaired) electrons. The lowest BCUT2D eigenvalue weighted by Gasteiger charge is -2.32. The van der Waals surface area contributed by atoms with Crippen LogP contribution in [0.25, 0.3) is 0 Å². The van der Waals surface area contributed by atoms with E-state index in [2.05, 4.69) is 36.7 Å². The zero-order valence-electron chi connectivity index (χ0n) is 9.33. The molecule has 0 aromatic heterocycles. The fourth-order valence-corrected chi connectivity index (χ4v) is 2.01. The molecule has 14 heavy (non-hydrogen) atoms. The second kappa shape index (κ2) is 6.09. The second-order valence-electron chi connectivity index (χ2n) is 4.44. The molecule has 0 aromatic rings. The first kappa shape index (κ1) is 12.5. The Morgan fingerprint density at radius 2 is 1.93 bits per heavy atom. The summed E-state index contributed by atoms with van der Waals surface area (Å²) in [6.45, 7) is 7.30. The molecule has 0 bridgehead atoms. The number of alkyl halides is 1. The highest BCUT2D eigenvalue weighted by Crippen LogP contribution is 2.22. The van der Waals surface area contributed by atoms with E-state index in [0.29, 0.717) is 24.2 Å². The average Bonchev–Trinajstić information content (AvgIpc) is 2.12. The third-order valence-electron chi connectivity index (χ3n) is 2.53. The van der Waals surface area contributed by atoms with Gasteiger partial charge in [-0.1, -0.05) is 22.9 Å². The minimum atomic E-state index is 0.350. The summed E-state index contributed by atoms with van der Waals surface area (Å²) in [6.07, 6.45) is 3.18. The van der Waals surface area contributed by atoms with Crippen molar-refractivity contribution < 1.29 is 9.47 Å². The molecule has 3 unspecified atom stereocenters. The fraction of sp³-hybridized carbons (Fsp3) is 1.00. The van der Waals surface area contributed by atoms with Crippen LogP contribution >= 0.6 is 15.9 Å². The largest absolute Gasteiger partial charge is 0.378 e. The van der Waals surface area contributed by atoms with Crippen molar-refractivity contribution in [2.75, 3.05) is 11.9 Å². The third-order valence-corrected chi connectivity index (χ3v) is 3.64. The summed E-state index contributed by atoms with van der Waals surface area (Å²) in [7, 11) is 0. The minimum absolute atomic E-state index is 0.350. The summed E-state index contributed by atoms with van der Waals surface area (Å²) in [5.41, 5.74) is 0. The van der Waals surface area contributed by atoms with Gasteiger partial charge in [-0.15, -0.1) is 0 Å². The van der Waals surface area contributed by atoms with Crippen LogP contribution in [0.2, 0.25) is 0 Å². The normalized spacial score (nSPS) is 35.6. The van der Waals surface area contributed by atoms with Crippen molar-refractivity contribution in [2.24, 2.45) is 5.92 Å². The van der Waals surface area contributed by atoms with Crippen LogP contribution in [0.3, 0.4) is 0 Å². The molecular weight excluding hydrogens is 244 g/mol. The fourth-order valence-electron chi connectivity index (χ4n) is 1.83. The highest BCUT2D eigenvalue weighted by Gasteiger charge is 2.25. The van der Waals surface area contributed by atoms with Gasteiger partial charge in [-0.05, 0) is 32.6 Å². The van der Waals surface area contributed by atoms with E-state index < -0.39 is 0 Å². The van der Waals surface area contributed by atoms with Gasteiger partial charge in [0.15, 0.2) is 0 Å². The van der Waals surface area contributed by atoms with E-state index in [1.54, 1.807) is 0 Å². The lowest BCUT2D eigenvalue weighted by molar-refractivity contribution is -0.105. The standard InChI is InChI=1S/C11H21BrO2/c1-8(6-12)7-13-11-4-9(2)14-10(3)5-11/h8-11H,4-7H2,1-3H3. The lowest BCUT2D eigenvalue weighted by atomic mass is 10.0. The van der Waals surface area contributed by atoms with Crippen molar-refractivity contribution in [1.82, 2.24) is 0 Å². The van der Waals surface area contributed by atoms with Gasteiger partial charge < -0.3 is 9.47 Å². The minimum Gasteiger partial charge on any atom is -0.378 e. The first-order valence-electron chi connectivity index (χ1n) is 5.44. The molecule has 2 nitrogen and oxygen atoms in total. The van der Waals surface area contributed by atoms with E-state index in [-0.39, 0.29) is 0 Å². The molecule has 3 heteroatoms.